The molecule has 0 atom stereocenters. The Morgan fingerprint density at radius 3 is 2.62 bits per heavy atom. The highest BCUT2D eigenvalue weighted by Crippen LogP contribution is 2.17. The predicted molar refractivity (Wildman–Crippen MR) is 39.8 cm³/mol. The van der Waals surface area contributed by atoms with Crippen LogP contribution < -0.4 is 5.32 Å². The van der Waals surface area contributed by atoms with Gasteiger partial charge >= 0.3 is 12.1 Å². The van der Waals surface area contributed by atoms with Crippen molar-refractivity contribution in [3.8, 4) is 0 Å². The SMILES string of the molecule is COC(=O)/C=C/NCCC(F)(F)F. The molecule has 13 heavy (non-hydrogen) atoms. The second-order valence-electron chi connectivity index (χ2n) is 2.18. The first-order valence-corrected chi connectivity index (χ1v) is 3.50. The van der Waals surface area contributed by atoms with Gasteiger partial charge in [-0.25, -0.2) is 4.79 Å². The van der Waals surface area contributed by atoms with Crippen LogP contribution in [0.5, 0.6) is 0 Å². The van der Waals surface area contributed by atoms with Crippen LogP contribution in [0, 0.1) is 0 Å². The van der Waals surface area contributed by atoms with Gasteiger partial charge in [0.15, 0.2) is 0 Å². The fourth-order valence-electron chi connectivity index (χ4n) is 0.492. The minimum Gasteiger partial charge on any atom is -0.466 e. The van der Waals surface area contributed by atoms with Gasteiger partial charge in [-0.15, -0.1) is 0 Å². The predicted octanol–water partition coefficient (Wildman–Crippen LogP) is 1.22. The summed E-state index contributed by atoms with van der Waals surface area (Å²) in [6.07, 6.45) is -2.97. The standard InChI is InChI=1S/C7H10F3NO2/c1-13-6(12)2-4-11-5-3-7(8,9)10/h2,4,11H,3,5H2,1H3/b4-2+. The van der Waals surface area contributed by atoms with E-state index in [-0.39, 0.29) is 6.54 Å². The van der Waals surface area contributed by atoms with Crippen molar-refractivity contribution >= 4 is 5.97 Å². The summed E-state index contributed by atoms with van der Waals surface area (Å²) in [7, 11) is 1.18. The second-order valence-corrected chi connectivity index (χ2v) is 2.18. The van der Waals surface area contributed by atoms with Crippen LogP contribution in [0.3, 0.4) is 0 Å². The molecular weight excluding hydrogens is 187 g/mol. The number of nitrogens with one attached hydrogen (secondary N) is 1. The number of rotatable bonds is 4. The van der Waals surface area contributed by atoms with Crippen molar-refractivity contribution in [2.75, 3.05) is 13.7 Å². The molecular formula is C7H10F3NO2. The molecule has 0 spiro atoms. The van der Waals surface area contributed by atoms with Crippen LogP contribution in [0.4, 0.5) is 13.2 Å². The average Bonchev–Trinajstić information content (AvgIpc) is 2.01. The Labute approximate surface area is 73.6 Å². The van der Waals surface area contributed by atoms with E-state index in [1.807, 2.05) is 0 Å². The number of halogens is 3. The van der Waals surface area contributed by atoms with Crippen molar-refractivity contribution in [1.82, 2.24) is 5.32 Å². The molecule has 1 N–H and O–H groups in total. The van der Waals surface area contributed by atoms with Gasteiger partial charge in [0.2, 0.25) is 0 Å². The minimum atomic E-state index is -4.17. The van der Waals surface area contributed by atoms with Crippen molar-refractivity contribution in [3.05, 3.63) is 12.3 Å². The number of carbonyl (C=O) groups excluding carboxylic acids is 1. The molecule has 0 amide bonds. The summed E-state index contributed by atoms with van der Waals surface area (Å²) >= 11 is 0. The van der Waals surface area contributed by atoms with Crippen LogP contribution in [0.1, 0.15) is 6.42 Å². The molecule has 0 heterocycles. The highest BCUT2D eigenvalue weighted by molar-refractivity contribution is 5.81. The van der Waals surface area contributed by atoms with E-state index >= 15 is 0 Å². The molecule has 76 valence electrons. The highest BCUT2D eigenvalue weighted by atomic mass is 19.4. The number of esters is 1. The van der Waals surface area contributed by atoms with E-state index in [1.165, 1.54) is 7.11 Å². The summed E-state index contributed by atoms with van der Waals surface area (Å²) in [5.74, 6) is -0.612. The lowest BCUT2D eigenvalue weighted by atomic mass is 10.4. The van der Waals surface area contributed by atoms with E-state index in [0.717, 1.165) is 12.3 Å². The molecule has 0 radical (unpaired) electrons. The third-order valence-corrected chi connectivity index (χ3v) is 1.09. The van der Waals surface area contributed by atoms with Crippen LogP contribution in [-0.4, -0.2) is 25.8 Å². The number of methoxy groups -OCH3 is 1. The van der Waals surface area contributed by atoms with Gasteiger partial charge in [0.1, 0.15) is 0 Å². The van der Waals surface area contributed by atoms with E-state index < -0.39 is 18.6 Å². The Kier molecular flexibility index (Phi) is 4.94. The molecule has 0 aliphatic rings. The van der Waals surface area contributed by atoms with Crippen LogP contribution in [0.15, 0.2) is 12.3 Å². The van der Waals surface area contributed by atoms with Crippen LogP contribution >= 0.6 is 0 Å². The average molecular weight is 197 g/mol. The van der Waals surface area contributed by atoms with Gasteiger partial charge in [0, 0.05) is 18.8 Å². The number of alkyl halides is 3. The summed E-state index contributed by atoms with van der Waals surface area (Å²) in [5.41, 5.74) is 0. The molecule has 0 aromatic heterocycles. The molecule has 6 heteroatoms. The Morgan fingerprint density at radius 2 is 2.15 bits per heavy atom. The smallest absolute Gasteiger partial charge is 0.390 e. The van der Waals surface area contributed by atoms with Crippen molar-refractivity contribution < 1.29 is 22.7 Å². The summed E-state index contributed by atoms with van der Waals surface area (Å²) in [5, 5.41) is 2.31. The molecule has 0 fully saturated rings. The lowest BCUT2D eigenvalue weighted by Gasteiger charge is -2.04. The first-order valence-electron chi connectivity index (χ1n) is 3.50. The zero-order valence-corrected chi connectivity index (χ0v) is 7.02. The Bertz CT molecular complexity index is 189. The summed E-state index contributed by atoms with van der Waals surface area (Å²) in [6, 6.07) is 0. The molecule has 0 rings (SSSR count). The molecule has 0 unspecified atom stereocenters. The van der Waals surface area contributed by atoms with Gasteiger partial charge in [-0.2, -0.15) is 13.2 Å². The van der Waals surface area contributed by atoms with Crippen molar-refractivity contribution in [2.45, 2.75) is 12.6 Å². The zero-order chi connectivity index (χ0) is 10.3. The molecule has 0 aromatic rings. The van der Waals surface area contributed by atoms with Crippen LogP contribution in [0.2, 0.25) is 0 Å². The van der Waals surface area contributed by atoms with E-state index in [4.69, 9.17) is 0 Å². The lowest BCUT2D eigenvalue weighted by molar-refractivity contribution is -0.134. The van der Waals surface area contributed by atoms with Gasteiger partial charge in [-0.1, -0.05) is 0 Å². The molecule has 0 saturated carbocycles. The van der Waals surface area contributed by atoms with Gasteiger partial charge < -0.3 is 10.1 Å². The van der Waals surface area contributed by atoms with E-state index in [1.54, 1.807) is 0 Å². The first kappa shape index (κ1) is 11.8. The van der Waals surface area contributed by atoms with Gasteiger partial charge in [0.25, 0.3) is 0 Å². The fraction of sp³-hybridized carbons (Fsp3) is 0.571. The topological polar surface area (TPSA) is 38.3 Å². The molecule has 0 aliphatic heterocycles. The molecule has 0 saturated heterocycles. The maximum absolute atomic E-state index is 11.6. The first-order chi connectivity index (χ1) is 5.95. The molecule has 0 bridgehead atoms. The maximum atomic E-state index is 11.6. The highest BCUT2D eigenvalue weighted by Gasteiger charge is 2.25. The number of hydrogen-bond acceptors (Lipinski definition) is 3. The Hall–Kier alpha value is -1.20. The Balaban J connectivity index is 3.46. The monoisotopic (exact) mass is 197 g/mol. The number of carbonyl (C=O) groups is 1. The largest absolute Gasteiger partial charge is 0.466 e. The zero-order valence-electron chi connectivity index (χ0n) is 7.02. The van der Waals surface area contributed by atoms with Gasteiger partial charge in [0.05, 0.1) is 13.5 Å². The van der Waals surface area contributed by atoms with Crippen molar-refractivity contribution in [3.63, 3.8) is 0 Å². The summed E-state index contributed by atoms with van der Waals surface area (Å²) in [4.78, 5) is 10.4. The van der Waals surface area contributed by atoms with Gasteiger partial charge in [-0.3, -0.25) is 0 Å². The maximum Gasteiger partial charge on any atom is 0.390 e. The molecule has 0 aliphatic carbocycles. The molecule has 3 nitrogen and oxygen atoms in total. The van der Waals surface area contributed by atoms with Crippen molar-refractivity contribution in [2.24, 2.45) is 0 Å². The third-order valence-electron chi connectivity index (χ3n) is 1.09. The third kappa shape index (κ3) is 8.71. The second kappa shape index (κ2) is 5.45. The van der Waals surface area contributed by atoms with Gasteiger partial charge in [-0.05, 0) is 0 Å². The van der Waals surface area contributed by atoms with Crippen molar-refractivity contribution in [1.29, 1.82) is 0 Å². The lowest BCUT2D eigenvalue weighted by Crippen LogP contribution is -2.17. The normalized spacial score (nSPS) is 11.7. The summed E-state index contributed by atoms with van der Waals surface area (Å²) < 4.78 is 38.9. The van der Waals surface area contributed by atoms with E-state index in [0.29, 0.717) is 0 Å². The Morgan fingerprint density at radius 1 is 1.54 bits per heavy atom. The van der Waals surface area contributed by atoms with Crippen LogP contribution in [-0.2, 0) is 9.53 Å². The summed E-state index contributed by atoms with van der Waals surface area (Å²) in [6.45, 7) is -0.253. The minimum absolute atomic E-state index is 0.253. The molecule has 0 aromatic carbocycles. The number of hydrogen-bond donors (Lipinski definition) is 1. The van der Waals surface area contributed by atoms with E-state index in [2.05, 4.69) is 10.1 Å². The fourth-order valence-corrected chi connectivity index (χ4v) is 0.492. The van der Waals surface area contributed by atoms with Crippen LogP contribution in [0.25, 0.3) is 0 Å². The quantitative estimate of drug-likeness (QED) is 0.418. The number of ether oxygens (including phenoxy) is 1. The van der Waals surface area contributed by atoms with E-state index in [9.17, 15) is 18.0 Å².